The van der Waals surface area contributed by atoms with Crippen LogP contribution in [0.4, 0.5) is 0 Å². The van der Waals surface area contributed by atoms with E-state index in [9.17, 15) is 9.59 Å². The molecule has 0 spiro atoms. The lowest BCUT2D eigenvalue weighted by Gasteiger charge is -2.01. The summed E-state index contributed by atoms with van der Waals surface area (Å²) < 4.78 is 0. The predicted octanol–water partition coefficient (Wildman–Crippen LogP) is 2.90. The molecule has 0 aliphatic heterocycles. The maximum atomic E-state index is 10.6. The largest absolute Gasteiger partial charge is 0.478 e. The van der Waals surface area contributed by atoms with Crippen LogP contribution in [0.1, 0.15) is 66.3 Å². The Labute approximate surface area is 131 Å². The molecule has 0 heterocycles. The van der Waals surface area contributed by atoms with Gasteiger partial charge in [-0.25, -0.2) is 9.59 Å². The fraction of sp³-hybridized carbons (Fsp3) is 0.500. The molecule has 0 saturated heterocycles. The Morgan fingerprint density at radius 3 is 1.95 bits per heavy atom. The van der Waals surface area contributed by atoms with Crippen LogP contribution in [0.3, 0.4) is 0 Å². The van der Waals surface area contributed by atoms with Gasteiger partial charge in [0.1, 0.15) is 0 Å². The Bertz CT molecular complexity index is 454. The molecule has 0 atom stereocenters. The summed E-state index contributed by atoms with van der Waals surface area (Å²) in [6.07, 6.45) is 1.34. The summed E-state index contributed by atoms with van der Waals surface area (Å²) in [6.45, 7) is 7.64. The van der Waals surface area contributed by atoms with Crippen molar-refractivity contribution in [2.24, 2.45) is 0 Å². The van der Waals surface area contributed by atoms with Crippen LogP contribution in [0.2, 0.25) is 0 Å². The quantitative estimate of drug-likeness (QED) is 0.621. The van der Waals surface area contributed by atoms with Crippen molar-refractivity contribution in [3.63, 3.8) is 0 Å². The zero-order valence-corrected chi connectivity index (χ0v) is 13.5. The molecule has 1 rings (SSSR count). The number of aryl methyl sites for hydroxylation is 1. The molecule has 0 amide bonds. The van der Waals surface area contributed by atoms with Crippen molar-refractivity contribution in [2.75, 3.05) is 0 Å². The zero-order valence-electron chi connectivity index (χ0n) is 13.5. The number of carboxylic acids is 2. The van der Waals surface area contributed by atoms with Crippen LogP contribution in [0.25, 0.3) is 0 Å². The first-order chi connectivity index (χ1) is 10.3. The molecule has 22 heavy (non-hydrogen) atoms. The van der Waals surface area contributed by atoms with Gasteiger partial charge >= 0.3 is 11.9 Å². The SMILES string of the molecule is CC.CCCCC(O)O.Cc1ccc(C(=O)O)cc1C(=O)O. The summed E-state index contributed by atoms with van der Waals surface area (Å²) in [5, 5.41) is 33.7. The number of hydrogen-bond donors (Lipinski definition) is 4. The highest BCUT2D eigenvalue weighted by molar-refractivity contribution is 5.94. The molecular formula is C16H26O6. The first kappa shape index (κ1) is 22.4. The molecule has 0 radical (unpaired) electrons. The highest BCUT2D eigenvalue weighted by Crippen LogP contribution is 2.11. The molecule has 0 bridgehead atoms. The fourth-order valence-electron chi connectivity index (χ4n) is 1.37. The van der Waals surface area contributed by atoms with Crippen LogP contribution in [-0.2, 0) is 0 Å². The van der Waals surface area contributed by atoms with Gasteiger partial charge in [0.25, 0.3) is 0 Å². The van der Waals surface area contributed by atoms with Crippen LogP contribution in [0.5, 0.6) is 0 Å². The van der Waals surface area contributed by atoms with Crippen molar-refractivity contribution >= 4 is 11.9 Å². The Morgan fingerprint density at radius 1 is 1.09 bits per heavy atom. The Morgan fingerprint density at radius 2 is 1.64 bits per heavy atom. The van der Waals surface area contributed by atoms with E-state index in [1.54, 1.807) is 6.92 Å². The Kier molecular flexibility index (Phi) is 13.0. The molecule has 0 aliphatic rings. The van der Waals surface area contributed by atoms with Crippen molar-refractivity contribution in [2.45, 2.75) is 53.2 Å². The van der Waals surface area contributed by atoms with Crippen molar-refractivity contribution < 1.29 is 30.0 Å². The van der Waals surface area contributed by atoms with E-state index in [1.165, 1.54) is 12.1 Å². The Hall–Kier alpha value is -1.92. The molecule has 6 heteroatoms. The molecule has 126 valence electrons. The summed E-state index contributed by atoms with van der Waals surface area (Å²) in [4.78, 5) is 21.1. The van der Waals surface area contributed by atoms with Crippen LogP contribution >= 0.6 is 0 Å². The summed E-state index contributed by atoms with van der Waals surface area (Å²) in [7, 11) is 0. The van der Waals surface area contributed by atoms with Crippen LogP contribution < -0.4 is 0 Å². The summed E-state index contributed by atoms with van der Waals surface area (Å²) in [5.41, 5.74) is 0.570. The average molecular weight is 314 g/mol. The second-order valence-corrected chi connectivity index (χ2v) is 4.26. The maximum absolute atomic E-state index is 10.6. The summed E-state index contributed by atoms with van der Waals surface area (Å²) >= 11 is 0. The zero-order chi connectivity index (χ0) is 17.7. The van der Waals surface area contributed by atoms with E-state index in [1.807, 2.05) is 20.8 Å². The lowest BCUT2D eigenvalue weighted by Crippen LogP contribution is -2.03. The minimum atomic E-state index is -1.12. The standard InChI is InChI=1S/C9H8O4.C5H12O2.C2H6/c1-5-2-3-6(8(10)11)4-7(5)9(12)13;1-2-3-4-5(6)7;1-2/h2-4H,1H3,(H,10,11)(H,12,13);5-7H,2-4H2,1H3;1-2H3. The minimum absolute atomic E-state index is 0.0111. The summed E-state index contributed by atoms with van der Waals surface area (Å²) in [6, 6.07) is 4.01. The third-order valence-corrected chi connectivity index (χ3v) is 2.53. The normalized spacial score (nSPS) is 9.23. The topological polar surface area (TPSA) is 115 Å². The second-order valence-electron chi connectivity index (χ2n) is 4.26. The highest BCUT2D eigenvalue weighted by Gasteiger charge is 2.10. The number of unbranched alkanes of at least 4 members (excludes halogenated alkanes) is 1. The van der Waals surface area contributed by atoms with Crippen LogP contribution in [0, 0.1) is 6.92 Å². The first-order valence-electron chi connectivity index (χ1n) is 7.23. The Balaban J connectivity index is 0. The van der Waals surface area contributed by atoms with E-state index in [2.05, 4.69) is 0 Å². The molecule has 1 aromatic carbocycles. The van der Waals surface area contributed by atoms with Crippen molar-refractivity contribution in [1.82, 2.24) is 0 Å². The number of aliphatic hydroxyl groups is 2. The highest BCUT2D eigenvalue weighted by atomic mass is 16.5. The molecule has 0 aromatic heterocycles. The van der Waals surface area contributed by atoms with Crippen molar-refractivity contribution in [3.8, 4) is 0 Å². The van der Waals surface area contributed by atoms with E-state index >= 15 is 0 Å². The third-order valence-electron chi connectivity index (χ3n) is 2.53. The monoisotopic (exact) mass is 314 g/mol. The average Bonchev–Trinajstić information content (AvgIpc) is 2.47. The van der Waals surface area contributed by atoms with E-state index in [4.69, 9.17) is 20.4 Å². The molecule has 4 N–H and O–H groups in total. The van der Waals surface area contributed by atoms with Crippen LogP contribution in [-0.4, -0.2) is 38.7 Å². The van der Waals surface area contributed by atoms with Gasteiger partial charge in [-0.2, -0.15) is 0 Å². The van der Waals surface area contributed by atoms with Gasteiger partial charge in [-0.1, -0.05) is 33.3 Å². The molecule has 6 nitrogen and oxygen atoms in total. The van der Waals surface area contributed by atoms with E-state index < -0.39 is 18.2 Å². The molecule has 0 unspecified atom stereocenters. The van der Waals surface area contributed by atoms with E-state index in [-0.39, 0.29) is 11.1 Å². The van der Waals surface area contributed by atoms with Gasteiger partial charge in [0.2, 0.25) is 0 Å². The maximum Gasteiger partial charge on any atom is 0.335 e. The second kappa shape index (κ2) is 12.8. The molecular weight excluding hydrogens is 288 g/mol. The lowest BCUT2D eigenvalue weighted by molar-refractivity contribution is -0.0463. The van der Waals surface area contributed by atoms with Crippen LogP contribution in [0.15, 0.2) is 18.2 Å². The van der Waals surface area contributed by atoms with Gasteiger partial charge in [0, 0.05) is 0 Å². The predicted molar refractivity (Wildman–Crippen MR) is 84.2 cm³/mol. The van der Waals surface area contributed by atoms with E-state index in [0.717, 1.165) is 18.9 Å². The van der Waals surface area contributed by atoms with Crippen molar-refractivity contribution in [3.05, 3.63) is 34.9 Å². The van der Waals surface area contributed by atoms with Gasteiger partial charge in [-0.15, -0.1) is 0 Å². The number of hydrogen-bond acceptors (Lipinski definition) is 4. The number of carboxylic acid groups (broad SMARTS) is 2. The lowest BCUT2D eigenvalue weighted by atomic mass is 10.1. The third kappa shape index (κ3) is 9.90. The molecule has 0 fully saturated rings. The number of aromatic carboxylic acids is 2. The molecule has 1 aromatic rings. The van der Waals surface area contributed by atoms with Gasteiger partial charge in [0.05, 0.1) is 11.1 Å². The molecule has 0 aliphatic carbocycles. The number of rotatable bonds is 5. The van der Waals surface area contributed by atoms with Gasteiger partial charge < -0.3 is 20.4 Å². The fourth-order valence-corrected chi connectivity index (χ4v) is 1.37. The van der Waals surface area contributed by atoms with Gasteiger partial charge in [0.15, 0.2) is 6.29 Å². The smallest absolute Gasteiger partial charge is 0.335 e. The van der Waals surface area contributed by atoms with Gasteiger partial charge in [-0.3, -0.25) is 0 Å². The summed E-state index contributed by atoms with van der Waals surface area (Å²) in [5.74, 6) is -2.23. The number of aliphatic hydroxyl groups excluding tert-OH is 1. The van der Waals surface area contributed by atoms with E-state index in [0.29, 0.717) is 12.0 Å². The number of benzene rings is 1. The number of carbonyl (C=O) groups is 2. The molecule has 0 saturated carbocycles. The van der Waals surface area contributed by atoms with Crippen molar-refractivity contribution in [1.29, 1.82) is 0 Å². The first-order valence-corrected chi connectivity index (χ1v) is 7.23. The minimum Gasteiger partial charge on any atom is -0.478 e. The van der Waals surface area contributed by atoms with Gasteiger partial charge in [-0.05, 0) is 37.5 Å².